The summed E-state index contributed by atoms with van der Waals surface area (Å²) in [5.41, 5.74) is 1.21. The van der Waals surface area contributed by atoms with Gasteiger partial charge in [0.05, 0.1) is 31.3 Å². The Morgan fingerprint density at radius 1 is 1.19 bits per heavy atom. The molecule has 4 rings (SSSR count). The second kappa shape index (κ2) is 9.62. The Balaban J connectivity index is 1.83. The zero-order chi connectivity index (χ0) is 26.2. The lowest BCUT2D eigenvalue weighted by Gasteiger charge is -2.14. The highest BCUT2D eigenvalue weighted by molar-refractivity contribution is 6.34. The molecule has 9 nitrogen and oxygen atoms in total. The molecule has 11 heteroatoms. The number of methoxy groups -OCH3 is 2. The molecular weight excluding hydrogens is 493 g/mol. The summed E-state index contributed by atoms with van der Waals surface area (Å²) in [5.74, 6) is -0.974. The zero-order valence-corrected chi connectivity index (χ0v) is 20.5. The van der Waals surface area contributed by atoms with Crippen molar-refractivity contribution in [3.63, 3.8) is 0 Å². The Morgan fingerprint density at radius 2 is 1.92 bits per heavy atom. The van der Waals surface area contributed by atoms with Crippen LogP contribution in [-0.2, 0) is 4.74 Å². The fourth-order valence-electron chi connectivity index (χ4n) is 3.99. The highest BCUT2D eigenvalue weighted by Gasteiger charge is 2.43. The molecule has 1 amide bonds. The molecule has 1 saturated carbocycles. The first-order valence-electron chi connectivity index (χ1n) is 11.0. The van der Waals surface area contributed by atoms with Gasteiger partial charge in [-0.05, 0) is 54.7 Å². The number of halogens is 2. The van der Waals surface area contributed by atoms with Crippen LogP contribution >= 0.6 is 11.6 Å². The molecule has 1 aliphatic rings. The molecule has 0 aliphatic heterocycles. The quantitative estimate of drug-likeness (QED) is 0.240. The molecule has 0 saturated heterocycles. The normalized spacial score (nSPS) is 13.7. The number of benzene rings is 2. The first-order chi connectivity index (χ1) is 17.1. The van der Waals surface area contributed by atoms with Crippen molar-refractivity contribution in [3.8, 4) is 28.0 Å². The number of nitrogens with zero attached hydrogens (tertiary/aromatic N) is 1. The van der Waals surface area contributed by atoms with Gasteiger partial charge in [-0.2, -0.15) is 0 Å². The maximum Gasteiger partial charge on any atom is 0.355 e. The van der Waals surface area contributed by atoms with Gasteiger partial charge in [-0.3, -0.25) is 14.9 Å². The summed E-state index contributed by atoms with van der Waals surface area (Å²) < 4.78 is 24.3. The topological polar surface area (TPSA) is 124 Å². The van der Waals surface area contributed by atoms with Crippen LogP contribution in [0.3, 0.4) is 0 Å². The number of nitro groups is 1. The lowest BCUT2D eigenvalue weighted by atomic mass is 9.93. The van der Waals surface area contributed by atoms with Crippen LogP contribution in [-0.4, -0.2) is 48.2 Å². The van der Waals surface area contributed by atoms with E-state index in [0.717, 1.165) is 0 Å². The van der Waals surface area contributed by atoms with Crippen molar-refractivity contribution in [2.24, 2.45) is 0 Å². The van der Waals surface area contributed by atoms with Gasteiger partial charge in [0.2, 0.25) is 0 Å². The first-order valence-corrected chi connectivity index (χ1v) is 11.4. The van der Waals surface area contributed by atoms with Gasteiger partial charge in [0.15, 0.2) is 0 Å². The second-order valence-electron chi connectivity index (χ2n) is 8.56. The number of alkyl halides is 1. The molecule has 3 aromatic rings. The van der Waals surface area contributed by atoms with Crippen LogP contribution in [0.2, 0.25) is 5.15 Å². The minimum atomic E-state index is -1.35. The van der Waals surface area contributed by atoms with Gasteiger partial charge in [-0.15, -0.1) is 0 Å². The molecule has 2 N–H and O–H groups in total. The minimum absolute atomic E-state index is 0.0580. The number of carbonyl (C=O) groups is 2. The third-order valence-electron chi connectivity index (χ3n) is 6.13. The number of non-ortho nitro benzene ring substituents is 1. The molecule has 1 heterocycles. The molecule has 0 spiro atoms. The van der Waals surface area contributed by atoms with Gasteiger partial charge in [-0.1, -0.05) is 17.7 Å². The van der Waals surface area contributed by atoms with E-state index in [4.69, 9.17) is 21.1 Å². The molecule has 188 valence electrons. The number of nitrogens with one attached hydrogen (secondary N) is 2. The Bertz CT molecular complexity index is 1380. The third kappa shape index (κ3) is 4.76. The summed E-state index contributed by atoms with van der Waals surface area (Å²) >= 11 is 6.53. The molecular formula is C25H23ClFN3O6. The number of rotatable bonds is 8. The van der Waals surface area contributed by atoms with E-state index in [1.54, 1.807) is 25.1 Å². The summed E-state index contributed by atoms with van der Waals surface area (Å²) in [5, 5.41) is 13.9. The van der Waals surface area contributed by atoms with Crippen LogP contribution in [0.25, 0.3) is 22.3 Å². The Kier molecular flexibility index (Phi) is 6.73. The smallest absolute Gasteiger partial charge is 0.355 e. The predicted molar refractivity (Wildman–Crippen MR) is 131 cm³/mol. The van der Waals surface area contributed by atoms with Crippen molar-refractivity contribution in [2.45, 2.75) is 25.4 Å². The van der Waals surface area contributed by atoms with Crippen LogP contribution in [0.15, 0.2) is 36.4 Å². The van der Waals surface area contributed by atoms with E-state index >= 15 is 0 Å². The number of nitro benzene ring substituents is 1. The van der Waals surface area contributed by atoms with Gasteiger partial charge >= 0.3 is 5.97 Å². The van der Waals surface area contributed by atoms with Gasteiger partial charge in [0.1, 0.15) is 22.3 Å². The highest BCUT2D eigenvalue weighted by atomic mass is 35.5. The highest BCUT2D eigenvalue weighted by Crippen LogP contribution is 2.44. The van der Waals surface area contributed by atoms with Crippen molar-refractivity contribution < 1.29 is 28.4 Å². The van der Waals surface area contributed by atoms with E-state index in [0.29, 0.717) is 40.7 Å². The first kappa shape index (κ1) is 25.2. The van der Waals surface area contributed by atoms with E-state index in [1.165, 1.54) is 32.4 Å². The van der Waals surface area contributed by atoms with Crippen molar-refractivity contribution in [3.05, 3.63) is 68.5 Å². The monoisotopic (exact) mass is 515 g/mol. The average molecular weight is 516 g/mol. The van der Waals surface area contributed by atoms with E-state index in [2.05, 4.69) is 10.3 Å². The maximum absolute atomic E-state index is 14.0. The van der Waals surface area contributed by atoms with E-state index in [9.17, 15) is 24.1 Å². The molecule has 0 unspecified atom stereocenters. The average Bonchev–Trinajstić information content (AvgIpc) is 3.51. The summed E-state index contributed by atoms with van der Waals surface area (Å²) in [6.45, 7) is 1.61. The number of H-pyrrole nitrogens is 1. The molecule has 1 aromatic heterocycles. The number of esters is 1. The lowest BCUT2D eigenvalue weighted by Crippen LogP contribution is -2.31. The van der Waals surface area contributed by atoms with E-state index < -0.39 is 22.5 Å². The van der Waals surface area contributed by atoms with E-state index in [1.807, 2.05) is 0 Å². The summed E-state index contributed by atoms with van der Waals surface area (Å²) in [6, 6.07) is 8.99. The van der Waals surface area contributed by atoms with Crippen molar-refractivity contribution >= 4 is 29.2 Å². The van der Waals surface area contributed by atoms with Crippen molar-refractivity contribution in [1.29, 1.82) is 0 Å². The number of hydrogen-bond acceptors (Lipinski definition) is 6. The molecule has 0 bridgehead atoms. The number of hydrogen-bond donors (Lipinski definition) is 2. The summed E-state index contributed by atoms with van der Waals surface area (Å²) in [4.78, 5) is 38.8. The Labute approximate surface area is 210 Å². The SMILES string of the molecule is COC(=O)c1[nH]c(Cl)c(-c2ccc([N+](=O)[O-])cc2C)c1-c1ccc(C(=O)NCC2(F)CC2)c(OC)c1. The largest absolute Gasteiger partial charge is 0.496 e. The maximum atomic E-state index is 14.0. The van der Waals surface area contributed by atoms with Crippen LogP contribution in [0, 0.1) is 17.0 Å². The summed E-state index contributed by atoms with van der Waals surface area (Å²) in [7, 11) is 2.61. The fraction of sp³-hybridized carbons (Fsp3) is 0.280. The molecule has 0 atom stereocenters. The Hall–Kier alpha value is -3.92. The zero-order valence-electron chi connectivity index (χ0n) is 19.7. The standard InChI is InChI=1S/C25H23ClFN3O6/c1-13-10-15(30(33)34)5-7-16(13)20-19(21(24(32)36-3)29-22(20)26)14-4-6-17(18(11-14)35-2)23(31)28-12-25(27)8-9-25/h4-7,10-11,29H,8-9,12H2,1-3H3,(H,28,31). The lowest BCUT2D eigenvalue weighted by molar-refractivity contribution is -0.384. The van der Waals surface area contributed by atoms with Gasteiger partial charge < -0.3 is 19.8 Å². The van der Waals surface area contributed by atoms with Crippen molar-refractivity contribution in [1.82, 2.24) is 10.3 Å². The molecule has 1 fully saturated rings. The molecule has 1 aliphatic carbocycles. The van der Waals surface area contributed by atoms with Crippen molar-refractivity contribution in [2.75, 3.05) is 20.8 Å². The summed E-state index contributed by atoms with van der Waals surface area (Å²) in [6.07, 6.45) is 0.831. The number of carbonyl (C=O) groups excluding carboxylic acids is 2. The van der Waals surface area contributed by atoms with Crippen LogP contribution in [0.1, 0.15) is 39.3 Å². The number of amides is 1. The van der Waals surface area contributed by atoms with Crippen LogP contribution < -0.4 is 10.1 Å². The third-order valence-corrected chi connectivity index (χ3v) is 6.41. The van der Waals surface area contributed by atoms with Crippen LogP contribution in [0.4, 0.5) is 10.1 Å². The predicted octanol–water partition coefficient (Wildman–Crippen LogP) is 5.25. The molecule has 0 radical (unpaired) electrons. The van der Waals surface area contributed by atoms with Gasteiger partial charge in [0.25, 0.3) is 11.6 Å². The minimum Gasteiger partial charge on any atom is -0.496 e. The second-order valence-corrected chi connectivity index (χ2v) is 8.94. The van der Waals surface area contributed by atoms with E-state index in [-0.39, 0.29) is 34.4 Å². The number of aromatic nitrogens is 1. The van der Waals surface area contributed by atoms with Gasteiger partial charge in [0, 0.05) is 23.3 Å². The number of aromatic amines is 1. The van der Waals surface area contributed by atoms with Gasteiger partial charge in [-0.25, -0.2) is 9.18 Å². The number of ether oxygens (including phenoxy) is 2. The van der Waals surface area contributed by atoms with Crippen LogP contribution in [0.5, 0.6) is 5.75 Å². The molecule has 36 heavy (non-hydrogen) atoms. The molecule has 2 aromatic carbocycles. The Morgan fingerprint density at radius 3 is 2.50 bits per heavy atom. The fourth-order valence-corrected chi connectivity index (χ4v) is 4.28. The number of aryl methyl sites for hydroxylation is 1.